The highest BCUT2D eigenvalue weighted by Crippen LogP contribution is 2.35. The summed E-state index contributed by atoms with van der Waals surface area (Å²) in [6.07, 6.45) is 3.63. The number of para-hydroxylation sites is 1. The molecule has 1 N–H and O–H groups in total. The van der Waals surface area contributed by atoms with Crippen molar-refractivity contribution in [2.24, 2.45) is 0 Å². The van der Waals surface area contributed by atoms with Crippen molar-refractivity contribution in [2.75, 3.05) is 12.4 Å². The second kappa shape index (κ2) is 11.8. The molecule has 0 unspecified atom stereocenters. The van der Waals surface area contributed by atoms with Crippen LogP contribution in [0.15, 0.2) is 85.0 Å². The van der Waals surface area contributed by atoms with Crippen molar-refractivity contribution in [1.82, 2.24) is 0 Å². The molecule has 35 heavy (non-hydrogen) atoms. The quantitative estimate of drug-likeness (QED) is 0.139. The van der Waals surface area contributed by atoms with Crippen LogP contribution in [0.2, 0.25) is 0 Å². The summed E-state index contributed by atoms with van der Waals surface area (Å²) >= 11 is 0. The number of anilines is 1. The first-order valence-electron chi connectivity index (χ1n) is 10.6. The Bertz CT molecular complexity index is 1290. The highest BCUT2D eigenvalue weighted by molar-refractivity contribution is 6.09. The minimum atomic E-state index is -0.526. The van der Waals surface area contributed by atoms with Gasteiger partial charge in [-0.25, -0.2) is 0 Å². The number of carbonyl (C=O) groups excluding carboxylic acids is 1. The van der Waals surface area contributed by atoms with Gasteiger partial charge in [-0.15, -0.1) is 6.58 Å². The Balaban J connectivity index is 1.87. The number of nitro benzene ring substituents is 1. The Labute approximate surface area is 202 Å². The lowest BCUT2D eigenvalue weighted by atomic mass is 10.0. The zero-order valence-electron chi connectivity index (χ0n) is 19.1. The lowest BCUT2D eigenvalue weighted by Crippen LogP contribution is -2.13. The predicted molar refractivity (Wildman–Crippen MR) is 133 cm³/mol. The van der Waals surface area contributed by atoms with Crippen LogP contribution >= 0.6 is 0 Å². The SMILES string of the molecule is C=CCc1cc(/C=C(\C#N)C(=O)Nc2ccccc2)cc(OC)c1OCc1ccc([N+](=O)[O-])cc1. The molecule has 0 spiro atoms. The third-order valence-corrected chi connectivity index (χ3v) is 4.98. The van der Waals surface area contributed by atoms with Gasteiger partial charge < -0.3 is 14.8 Å². The number of nitro groups is 1. The van der Waals surface area contributed by atoms with Crippen molar-refractivity contribution in [2.45, 2.75) is 13.0 Å². The molecule has 0 fully saturated rings. The van der Waals surface area contributed by atoms with Gasteiger partial charge in [0, 0.05) is 23.4 Å². The molecule has 0 radical (unpaired) electrons. The van der Waals surface area contributed by atoms with Gasteiger partial charge in [0.2, 0.25) is 0 Å². The molecule has 8 nitrogen and oxygen atoms in total. The van der Waals surface area contributed by atoms with Crippen LogP contribution in [0.4, 0.5) is 11.4 Å². The number of amides is 1. The van der Waals surface area contributed by atoms with Gasteiger partial charge in [-0.1, -0.05) is 24.3 Å². The van der Waals surface area contributed by atoms with Gasteiger partial charge in [0.1, 0.15) is 18.2 Å². The number of non-ortho nitro benzene ring substituents is 1. The van der Waals surface area contributed by atoms with Crippen LogP contribution in [-0.4, -0.2) is 17.9 Å². The number of allylic oxidation sites excluding steroid dienone is 1. The van der Waals surface area contributed by atoms with Crippen LogP contribution in [0.1, 0.15) is 16.7 Å². The molecule has 8 heteroatoms. The fourth-order valence-electron chi connectivity index (χ4n) is 3.29. The number of benzene rings is 3. The average molecular weight is 469 g/mol. The fourth-order valence-corrected chi connectivity index (χ4v) is 3.29. The van der Waals surface area contributed by atoms with Crippen molar-refractivity contribution < 1.29 is 19.2 Å². The Morgan fingerprint density at radius 3 is 2.49 bits per heavy atom. The molecule has 0 aliphatic heterocycles. The van der Waals surface area contributed by atoms with E-state index in [1.54, 1.807) is 54.6 Å². The van der Waals surface area contributed by atoms with E-state index in [0.717, 1.165) is 11.1 Å². The van der Waals surface area contributed by atoms with Crippen LogP contribution in [-0.2, 0) is 17.8 Å². The minimum absolute atomic E-state index is 0.000541. The number of nitriles is 1. The van der Waals surface area contributed by atoms with E-state index in [9.17, 15) is 20.2 Å². The van der Waals surface area contributed by atoms with Gasteiger partial charge in [-0.2, -0.15) is 5.26 Å². The molecule has 0 aliphatic rings. The van der Waals surface area contributed by atoms with Crippen molar-refractivity contribution in [3.63, 3.8) is 0 Å². The number of hydrogen-bond donors (Lipinski definition) is 1. The molecule has 0 saturated carbocycles. The Kier molecular flexibility index (Phi) is 8.35. The average Bonchev–Trinajstić information content (AvgIpc) is 2.87. The van der Waals surface area contributed by atoms with Gasteiger partial charge in [0.15, 0.2) is 11.5 Å². The number of methoxy groups -OCH3 is 1. The van der Waals surface area contributed by atoms with E-state index < -0.39 is 10.8 Å². The lowest BCUT2D eigenvalue weighted by Gasteiger charge is -2.16. The summed E-state index contributed by atoms with van der Waals surface area (Å²) in [5.41, 5.74) is 2.59. The zero-order valence-corrected chi connectivity index (χ0v) is 19.1. The maximum atomic E-state index is 12.6. The maximum absolute atomic E-state index is 12.6. The number of nitrogens with one attached hydrogen (secondary N) is 1. The monoisotopic (exact) mass is 469 g/mol. The minimum Gasteiger partial charge on any atom is -0.493 e. The molecule has 1 amide bonds. The summed E-state index contributed by atoms with van der Waals surface area (Å²) in [5, 5.41) is 23.1. The van der Waals surface area contributed by atoms with E-state index in [1.807, 2.05) is 12.1 Å². The number of carbonyl (C=O) groups is 1. The smallest absolute Gasteiger partial charge is 0.269 e. The Hall–Kier alpha value is -4.90. The van der Waals surface area contributed by atoms with E-state index in [0.29, 0.717) is 29.2 Å². The van der Waals surface area contributed by atoms with Gasteiger partial charge in [-0.05, 0) is 60.0 Å². The zero-order chi connectivity index (χ0) is 25.2. The molecule has 0 heterocycles. The van der Waals surface area contributed by atoms with E-state index in [1.165, 1.54) is 25.3 Å². The highest BCUT2D eigenvalue weighted by Gasteiger charge is 2.15. The van der Waals surface area contributed by atoms with Crippen LogP contribution in [0.5, 0.6) is 11.5 Å². The van der Waals surface area contributed by atoms with Crippen molar-refractivity contribution >= 4 is 23.4 Å². The van der Waals surface area contributed by atoms with Gasteiger partial charge >= 0.3 is 0 Å². The third kappa shape index (κ3) is 6.55. The molecular weight excluding hydrogens is 446 g/mol. The summed E-state index contributed by atoms with van der Waals surface area (Å²) in [6.45, 7) is 3.95. The molecule has 3 aromatic carbocycles. The first-order valence-corrected chi connectivity index (χ1v) is 10.6. The summed E-state index contributed by atoms with van der Waals surface area (Å²) in [5.74, 6) is 0.370. The van der Waals surface area contributed by atoms with E-state index in [-0.39, 0.29) is 17.9 Å². The van der Waals surface area contributed by atoms with E-state index in [2.05, 4.69) is 11.9 Å². The van der Waals surface area contributed by atoms with Crippen molar-refractivity contribution in [3.8, 4) is 17.6 Å². The van der Waals surface area contributed by atoms with Gasteiger partial charge in [0.05, 0.1) is 12.0 Å². The lowest BCUT2D eigenvalue weighted by molar-refractivity contribution is -0.384. The summed E-state index contributed by atoms with van der Waals surface area (Å²) in [4.78, 5) is 23.0. The largest absolute Gasteiger partial charge is 0.493 e. The number of nitrogens with zero attached hydrogens (tertiary/aromatic N) is 2. The first kappa shape index (κ1) is 24.7. The number of rotatable bonds is 10. The van der Waals surface area contributed by atoms with Crippen molar-refractivity contribution in [3.05, 3.63) is 112 Å². The van der Waals surface area contributed by atoms with Crippen LogP contribution in [0.3, 0.4) is 0 Å². The Morgan fingerprint density at radius 2 is 1.89 bits per heavy atom. The Morgan fingerprint density at radius 1 is 1.17 bits per heavy atom. The molecule has 0 saturated heterocycles. The molecular formula is C27H23N3O5. The standard InChI is InChI=1S/C27H23N3O5/c1-3-7-21-14-20(15-22(17-28)27(31)29-23-8-5-4-6-9-23)16-25(34-2)26(21)35-18-19-10-12-24(13-11-19)30(32)33/h3-6,8-16H,1,7,18H2,2H3,(H,29,31)/b22-15+. The van der Waals surface area contributed by atoms with E-state index >= 15 is 0 Å². The normalized spacial score (nSPS) is 10.7. The second-order valence-corrected chi connectivity index (χ2v) is 7.41. The topological polar surface area (TPSA) is 114 Å². The second-order valence-electron chi connectivity index (χ2n) is 7.41. The van der Waals surface area contributed by atoms with E-state index in [4.69, 9.17) is 9.47 Å². The molecule has 0 aliphatic carbocycles. The molecule has 176 valence electrons. The molecule has 0 atom stereocenters. The van der Waals surface area contributed by atoms with Crippen LogP contribution < -0.4 is 14.8 Å². The predicted octanol–water partition coefficient (Wildman–Crippen LogP) is 5.46. The van der Waals surface area contributed by atoms with Crippen LogP contribution in [0.25, 0.3) is 6.08 Å². The highest BCUT2D eigenvalue weighted by atomic mass is 16.6. The molecule has 3 rings (SSSR count). The number of ether oxygens (including phenoxy) is 2. The first-order chi connectivity index (χ1) is 16.9. The van der Waals surface area contributed by atoms with Gasteiger partial charge in [0.25, 0.3) is 11.6 Å². The van der Waals surface area contributed by atoms with Crippen LogP contribution in [0, 0.1) is 21.4 Å². The summed E-state index contributed by atoms with van der Waals surface area (Å²) < 4.78 is 11.5. The summed E-state index contributed by atoms with van der Waals surface area (Å²) in [6, 6.07) is 20.3. The number of hydrogen-bond acceptors (Lipinski definition) is 6. The molecule has 0 aromatic heterocycles. The third-order valence-electron chi connectivity index (χ3n) is 4.98. The van der Waals surface area contributed by atoms with Crippen molar-refractivity contribution in [1.29, 1.82) is 5.26 Å². The molecule has 0 bridgehead atoms. The summed E-state index contributed by atoms with van der Waals surface area (Å²) in [7, 11) is 1.49. The fraction of sp³-hybridized carbons (Fsp3) is 0.111. The maximum Gasteiger partial charge on any atom is 0.269 e. The molecule has 3 aromatic rings. The van der Waals surface area contributed by atoms with Gasteiger partial charge in [-0.3, -0.25) is 14.9 Å².